The minimum Gasteiger partial charge on any atom is -0.450 e. The van der Waals surface area contributed by atoms with Crippen molar-refractivity contribution < 1.29 is 28.5 Å². The molecule has 124 valence electrons. The SMILES string of the molecule is O=C(COC(=O)c1ccc([N+](=O)[O-])o1)NNC(=O)c1ccccc1. The second kappa shape index (κ2) is 7.54. The van der Waals surface area contributed by atoms with Crippen LogP contribution in [0.2, 0.25) is 0 Å². The predicted octanol–water partition coefficient (Wildman–Crippen LogP) is 0.806. The molecule has 2 amide bonds. The van der Waals surface area contributed by atoms with Gasteiger partial charge in [-0.1, -0.05) is 18.2 Å². The smallest absolute Gasteiger partial charge is 0.433 e. The Morgan fingerprint density at radius 2 is 1.79 bits per heavy atom. The summed E-state index contributed by atoms with van der Waals surface area (Å²) in [6, 6.07) is 10.2. The van der Waals surface area contributed by atoms with Gasteiger partial charge in [0.2, 0.25) is 5.76 Å². The Balaban J connectivity index is 1.77. The third kappa shape index (κ3) is 4.40. The van der Waals surface area contributed by atoms with Crippen LogP contribution in [0.1, 0.15) is 20.9 Å². The van der Waals surface area contributed by atoms with E-state index in [4.69, 9.17) is 0 Å². The Hall–Kier alpha value is -3.69. The minimum atomic E-state index is -1.05. The zero-order chi connectivity index (χ0) is 17.5. The molecule has 0 aliphatic carbocycles. The standard InChI is InChI=1S/C14H11N3O7/c18-11(15-16-13(19)9-4-2-1-3-5-9)8-23-14(20)10-6-7-12(24-10)17(21)22/h1-7H,8H2,(H,15,18)(H,16,19). The first-order chi connectivity index (χ1) is 11.5. The van der Waals surface area contributed by atoms with Crippen LogP contribution < -0.4 is 10.9 Å². The maximum atomic E-state index is 11.7. The van der Waals surface area contributed by atoms with Gasteiger partial charge in [0.05, 0.1) is 6.07 Å². The molecule has 0 atom stereocenters. The predicted molar refractivity (Wildman–Crippen MR) is 77.7 cm³/mol. The van der Waals surface area contributed by atoms with Gasteiger partial charge >= 0.3 is 11.9 Å². The quantitative estimate of drug-likeness (QED) is 0.468. The fourth-order valence-corrected chi connectivity index (χ4v) is 1.56. The van der Waals surface area contributed by atoms with Crippen molar-refractivity contribution in [2.24, 2.45) is 0 Å². The number of amides is 2. The maximum Gasteiger partial charge on any atom is 0.433 e. The molecule has 0 aliphatic rings. The summed E-state index contributed by atoms with van der Waals surface area (Å²) in [7, 11) is 0. The number of hydrogen-bond acceptors (Lipinski definition) is 7. The van der Waals surface area contributed by atoms with E-state index in [0.29, 0.717) is 5.56 Å². The number of hydrogen-bond donors (Lipinski definition) is 2. The van der Waals surface area contributed by atoms with Crippen molar-refractivity contribution in [3.05, 3.63) is 63.9 Å². The Morgan fingerprint density at radius 1 is 1.08 bits per heavy atom. The number of benzene rings is 1. The third-order valence-corrected chi connectivity index (χ3v) is 2.66. The number of esters is 1. The second-order valence-electron chi connectivity index (χ2n) is 4.34. The van der Waals surface area contributed by atoms with Gasteiger partial charge in [0.25, 0.3) is 11.8 Å². The number of carbonyl (C=O) groups is 3. The third-order valence-electron chi connectivity index (χ3n) is 2.66. The van der Waals surface area contributed by atoms with E-state index >= 15 is 0 Å². The van der Waals surface area contributed by atoms with Gasteiger partial charge in [0, 0.05) is 5.56 Å². The lowest BCUT2D eigenvalue weighted by atomic mass is 10.2. The molecule has 10 nitrogen and oxygen atoms in total. The average molecular weight is 333 g/mol. The largest absolute Gasteiger partial charge is 0.450 e. The van der Waals surface area contributed by atoms with Crippen molar-refractivity contribution in [1.82, 2.24) is 10.9 Å². The van der Waals surface area contributed by atoms with Crippen molar-refractivity contribution >= 4 is 23.7 Å². The van der Waals surface area contributed by atoms with Crippen LogP contribution in [0.3, 0.4) is 0 Å². The van der Waals surface area contributed by atoms with Crippen LogP contribution in [-0.2, 0) is 9.53 Å². The Kier molecular flexibility index (Phi) is 5.24. The molecule has 24 heavy (non-hydrogen) atoms. The molecular formula is C14H11N3O7. The Bertz CT molecular complexity index is 770. The van der Waals surface area contributed by atoms with Gasteiger partial charge in [-0.15, -0.1) is 0 Å². The van der Waals surface area contributed by atoms with Crippen LogP contribution in [-0.4, -0.2) is 29.3 Å². The summed E-state index contributed by atoms with van der Waals surface area (Å²) in [5.74, 6) is -3.43. The van der Waals surface area contributed by atoms with Crippen LogP contribution in [0.5, 0.6) is 0 Å². The molecule has 0 saturated heterocycles. The highest BCUT2D eigenvalue weighted by molar-refractivity contribution is 5.95. The van der Waals surface area contributed by atoms with Crippen LogP contribution in [0, 0.1) is 10.1 Å². The molecule has 2 aromatic rings. The summed E-state index contributed by atoms with van der Waals surface area (Å²) in [5.41, 5.74) is 4.53. The summed E-state index contributed by atoms with van der Waals surface area (Å²) in [5, 5.41) is 10.4. The van der Waals surface area contributed by atoms with Crippen LogP contribution >= 0.6 is 0 Å². The number of hydrazine groups is 1. The van der Waals surface area contributed by atoms with E-state index in [1.807, 2.05) is 0 Å². The molecule has 2 rings (SSSR count). The van der Waals surface area contributed by atoms with E-state index in [2.05, 4.69) is 20.0 Å². The lowest BCUT2D eigenvalue weighted by Gasteiger charge is -2.07. The Morgan fingerprint density at radius 3 is 2.42 bits per heavy atom. The van der Waals surface area contributed by atoms with E-state index in [1.54, 1.807) is 30.3 Å². The number of furan rings is 1. The molecule has 0 spiro atoms. The number of nitrogens with zero attached hydrogens (tertiary/aromatic N) is 1. The number of nitrogens with one attached hydrogen (secondary N) is 2. The van der Waals surface area contributed by atoms with E-state index in [9.17, 15) is 24.5 Å². The molecule has 10 heteroatoms. The van der Waals surface area contributed by atoms with Gasteiger partial charge in [0.1, 0.15) is 4.92 Å². The van der Waals surface area contributed by atoms with E-state index in [1.165, 1.54) is 0 Å². The first kappa shape index (κ1) is 16.7. The lowest BCUT2D eigenvalue weighted by molar-refractivity contribution is -0.402. The summed E-state index contributed by atoms with van der Waals surface area (Å²) >= 11 is 0. The lowest BCUT2D eigenvalue weighted by Crippen LogP contribution is -2.43. The van der Waals surface area contributed by atoms with Crippen molar-refractivity contribution in [1.29, 1.82) is 0 Å². The monoisotopic (exact) mass is 333 g/mol. The first-order valence-electron chi connectivity index (χ1n) is 6.53. The number of carbonyl (C=O) groups excluding carboxylic acids is 3. The number of ether oxygens (including phenoxy) is 1. The van der Waals surface area contributed by atoms with Gasteiger partial charge in [0.15, 0.2) is 6.61 Å². The minimum absolute atomic E-state index is 0.331. The molecule has 0 saturated carbocycles. The van der Waals surface area contributed by atoms with Crippen LogP contribution in [0.25, 0.3) is 0 Å². The second-order valence-corrected chi connectivity index (χ2v) is 4.34. The summed E-state index contributed by atoms with van der Waals surface area (Å²) < 4.78 is 9.22. The van der Waals surface area contributed by atoms with Crippen molar-refractivity contribution in [2.45, 2.75) is 0 Å². The van der Waals surface area contributed by atoms with E-state index in [0.717, 1.165) is 12.1 Å². The van der Waals surface area contributed by atoms with Crippen molar-refractivity contribution in [2.75, 3.05) is 6.61 Å². The molecular weight excluding hydrogens is 322 g/mol. The van der Waals surface area contributed by atoms with Crippen LogP contribution in [0.15, 0.2) is 46.9 Å². The summed E-state index contributed by atoms with van der Waals surface area (Å²) in [4.78, 5) is 44.3. The first-order valence-corrected chi connectivity index (χ1v) is 6.53. The highest BCUT2D eigenvalue weighted by Crippen LogP contribution is 2.16. The van der Waals surface area contributed by atoms with Gasteiger partial charge in [-0.2, -0.15) is 0 Å². The van der Waals surface area contributed by atoms with E-state index < -0.39 is 41.0 Å². The van der Waals surface area contributed by atoms with Crippen LogP contribution in [0.4, 0.5) is 5.88 Å². The number of rotatable bonds is 5. The van der Waals surface area contributed by atoms with Gasteiger partial charge < -0.3 is 9.15 Å². The van der Waals surface area contributed by atoms with Crippen molar-refractivity contribution in [3.63, 3.8) is 0 Å². The molecule has 1 aromatic heterocycles. The zero-order valence-electron chi connectivity index (χ0n) is 12.1. The molecule has 0 aliphatic heterocycles. The van der Waals surface area contributed by atoms with Gasteiger partial charge in [-0.3, -0.25) is 30.6 Å². The average Bonchev–Trinajstić information content (AvgIpc) is 3.08. The highest BCUT2D eigenvalue weighted by atomic mass is 16.7. The van der Waals surface area contributed by atoms with E-state index in [-0.39, 0.29) is 0 Å². The van der Waals surface area contributed by atoms with Gasteiger partial charge in [-0.05, 0) is 18.2 Å². The molecule has 0 fully saturated rings. The normalized spacial score (nSPS) is 9.83. The van der Waals surface area contributed by atoms with Gasteiger partial charge in [-0.25, -0.2) is 4.79 Å². The fourth-order valence-electron chi connectivity index (χ4n) is 1.56. The molecule has 2 N–H and O–H groups in total. The molecule has 0 unspecified atom stereocenters. The highest BCUT2D eigenvalue weighted by Gasteiger charge is 2.19. The Labute approximate surface area is 134 Å². The topological polar surface area (TPSA) is 141 Å². The summed E-state index contributed by atoms with van der Waals surface area (Å²) in [6.45, 7) is -0.706. The zero-order valence-corrected chi connectivity index (χ0v) is 12.1. The fraction of sp³-hybridized carbons (Fsp3) is 0.0714. The molecule has 0 radical (unpaired) electrons. The summed E-state index contributed by atoms with van der Waals surface area (Å²) in [6.07, 6.45) is 0. The molecule has 0 bridgehead atoms. The number of nitro groups is 1. The van der Waals surface area contributed by atoms with Crippen molar-refractivity contribution in [3.8, 4) is 0 Å². The maximum absolute atomic E-state index is 11.7. The molecule has 1 heterocycles. The molecule has 1 aromatic carbocycles.